The Morgan fingerprint density at radius 1 is 1.26 bits per heavy atom. The van der Waals surface area contributed by atoms with Gasteiger partial charge < -0.3 is 13.7 Å². The Kier molecular flexibility index (Phi) is 5.41. The van der Waals surface area contributed by atoms with Gasteiger partial charge in [-0.25, -0.2) is 4.79 Å². The summed E-state index contributed by atoms with van der Waals surface area (Å²) in [5.41, 5.74) is 2.00. The highest BCUT2D eigenvalue weighted by Crippen LogP contribution is 2.18. The standard InChI is InChI=1S/C18H15N3O6/c1-2-12-3-5-13(6-4-12)18-19-15(27-20-18)11-25-17(22)10-8-14-7-9-16(26-14)21(23)24/h3-10H,2,11H2,1H3/b10-8+. The Balaban J connectivity index is 1.55. The van der Waals surface area contributed by atoms with Gasteiger partial charge in [-0.1, -0.05) is 36.3 Å². The van der Waals surface area contributed by atoms with E-state index in [0.717, 1.165) is 18.1 Å². The normalized spacial score (nSPS) is 11.0. The number of esters is 1. The quantitative estimate of drug-likeness (QED) is 0.268. The number of ether oxygens (including phenoxy) is 1. The predicted octanol–water partition coefficient (Wildman–Crippen LogP) is 3.56. The van der Waals surface area contributed by atoms with E-state index in [1.807, 2.05) is 24.3 Å². The van der Waals surface area contributed by atoms with Crippen LogP contribution in [-0.4, -0.2) is 21.0 Å². The average Bonchev–Trinajstić information content (AvgIpc) is 3.34. The zero-order valence-electron chi connectivity index (χ0n) is 14.3. The van der Waals surface area contributed by atoms with Gasteiger partial charge in [-0.15, -0.1) is 0 Å². The van der Waals surface area contributed by atoms with Gasteiger partial charge in [0.25, 0.3) is 5.89 Å². The molecule has 0 unspecified atom stereocenters. The molecule has 2 aromatic heterocycles. The second-order valence-electron chi connectivity index (χ2n) is 5.44. The number of benzene rings is 1. The van der Waals surface area contributed by atoms with E-state index in [1.54, 1.807) is 0 Å². The number of nitro groups is 1. The van der Waals surface area contributed by atoms with Gasteiger partial charge in [0.1, 0.15) is 10.7 Å². The van der Waals surface area contributed by atoms with Crippen molar-refractivity contribution in [3.63, 3.8) is 0 Å². The zero-order valence-corrected chi connectivity index (χ0v) is 14.3. The summed E-state index contributed by atoms with van der Waals surface area (Å²) in [6.07, 6.45) is 3.29. The molecule has 3 aromatic rings. The van der Waals surface area contributed by atoms with Gasteiger partial charge in [0.15, 0.2) is 6.61 Å². The highest BCUT2D eigenvalue weighted by Gasteiger charge is 2.12. The second-order valence-corrected chi connectivity index (χ2v) is 5.44. The third kappa shape index (κ3) is 4.66. The molecule has 0 aliphatic rings. The highest BCUT2D eigenvalue weighted by atomic mass is 16.6. The second kappa shape index (κ2) is 8.09. The van der Waals surface area contributed by atoms with E-state index in [0.29, 0.717) is 5.82 Å². The lowest BCUT2D eigenvalue weighted by Crippen LogP contribution is -2.00. The van der Waals surface area contributed by atoms with E-state index in [2.05, 4.69) is 17.1 Å². The van der Waals surface area contributed by atoms with Crippen LogP contribution < -0.4 is 0 Å². The molecule has 3 rings (SSSR count). The van der Waals surface area contributed by atoms with E-state index in [-0.39, 0.29) is 18.3 Å². The lowest BCUT2D eigenvalue weighted by Gasteiger charge is -1.97. The van der Waals surface area contributed by atoms with Gasteiger partial charge in [-0.05, 0) is 24.1 Å². The Hall–Kier alpha value is -3.75. The number of rotatable bonds is 7. The van der Waals surface area contributed by atoms with E-state index in [4.69, 9.17) is 13.7 Å². The van der Waals surface area contributed by atoms with Crippen molar-refractivity contribution in [3.8, 4) is 11.4 Å². The lowest BCUT2D eigenvalue weighted by atomic mass is 10.1. The minimum atomic E-state index is -0.680. The molecule has 0 aliphatic heterocycles. The van der Waals surface area contributed by atoms with Crippen molar-refractivity contribution < 1.29 is 23.4 Å². The molecule has 138 valence electrons. The van der Waals surface area contributed by atoms with Gasteiger partial charge in [-0.3, -0.25) is 10.1 Å². The highest BCUT2D eigenvalue weighted by molar-refractivity contribution is 5.86. The molecular formula is C18H15N3O6. The van der Waals surface area contributed by atoms with Gasteiger partial charge >= 0.3 is 11.9 Å². The summed E-state index contributed by atoms with van der Waals surface area (Å²) < 4.78 is 14.9. The maximum absolute atomic E-state index is 11.7. The third-order valence-electron chi connectivity index (χ3n) is 3.60. The van der Waals surface area contributed by atoms with Crippen molar-refractivity contribution in [2.75, 3.05) is 0 Å². The maximum atomic E-state index is 11.7. The van der Waals surface area contributed by atoms with Crippen LogP contribution in [0.5, 0.6) is 0 Å². The monoisotopic (exact) mass is 369 g/mol. The first-order valence-corrected chi connectivity index (χ1v) is 8.06. The number of aryl methyl sites for hydroxylation is 1. The molecule has 9 nitrogen and oxygen atoms in total. The molecule has 0 radical (unpaired) electrons. The number of furan rings is 1. The Labute approximate surface area is 153 Å². The largest absolute Gasteiger partial charge is 0.452 e. The average molecular weight is 369 g/mol. The first kappa shape index (κ1) is 18.1. The molecule has 0 spiro atoms. The van der Waals surface area contributed by atoms with Crippen LogP contribution in [0.3, 0.4) is 0 Å². The molecule has 0 bridgehead atoms. The summed E-state index contributed by atoms with van der Waals surface area (Å²) in [4.78, 5) is 25.7. The Morgan fingerprint density at radius 2 is 2.04 bits per heavy atom. The predicted molar refractivity (Wildman–Crippen MR) is 93.3 cm³/mol. The molecule has 1 aromatic carbocycles. The van der Waals surface area contributed by atoms with E-state index in [9.17, 15) is 14.9 Å². The van der Waals surface area contributed by atoms with Gasteiger partial charge in [0.05, 0.1) is 6.07 Å². The number of carbonyl (C=O) groups excluding carboxylic acids is 1. The molecule has 2 heterocycles. The smallest absolute Gasteiger partial charge is 0.433 e. The summed E-state index contributed by atoms with van der Waals surface area (Å²) >= 11 is 0. The van der Waals surface area contributed by atoms with Crippen LogP contribution in [0.2, 0.25) is 0 Å². The first-order chi connectivity index (χ1) is 13.0. The van der Waals surface area contributed by atoms with Crippen LogP contribution >= 0.6 is 0 Å². The third-order valence-corrected chi connectivity index (χ3v) is 3.60. The molecular weight excluding hydrogens is 354 g/mol. The van der Waals surface area contributed by atoms with Crippen molar-refractivity contribution in [1.82, 2.24) is 10.1 Å². The fraction of sp³-hybridized carbons (Fsp3) is 0.167. The number of nitrogens with zero attached hydrogens (tertiary/aromatic N) is 3. The SMILES string of the molecule is CCc1ccc(-c2noc(COC(=O)/C=C/c3ccc([N+](=O)[O-])o3)n2)cc1. The molecule has 0 atom stereocenters. The number of hydrogen-bond donors (Lipinski definition) is 0. The number of carbonyl (C=O) groups is 1. The van der Waals surface area contributed by atoms with Crippen molar-refractivity contribution in [3.05, 3.63) is 69.8 Å². The lowest BCUT2D eigenvalue weighted by molar-refractivity contribution is -0.402. The van der Waals surface area contributed by atoms with E-state index >= 15 is 0 Å². The van der Waals surface area contributed by atoms with E-state index in [1.165, 1.54) is 23.8 Å². The van der Waals surface area contributed by atoms with Crippen molar-refractivity contribution in [2.45, 2.75) is 20.0 Å². The minimum Gasteiger partial charge on any atom is -0.452 e. The first-order valence-electron chi connectivity index (χ1n) is 8.06. The Morgan fingerprint density at radius 3 is 2.70 bits per heavy atom. The summed E-state index contributed by atoms with van der Waals surface area (Å²) in [6, 6.07) is 10.3. The van der Waals surface area contributed by atoms with Crippen molar-refractivity contribution in [1.29, 1.82) is 0 Å². The summed E-state index contributed by atoms with van der Waals surface area (Å²) in [5, 5.41) is 14.4. The summed E-state index contributed by atoms with van der Waals surface area (Å²) in [6.45, 7) is 1.87. The van der Waals surface area contributed by atoms with Gasteiger partial charge in [0, 0.05) is 11.6 Å². The molecule has 27 heavy (non-hydrogen) atoms. The van der Waals surface area contributed by atoms with Crippen LogP contribution in [0.4, 0.5) is 5.88 Å². The van der Waals surface area contributed by atoms with Crippen molar-refractivity contribution >= 4 is 17.9 Å². The van der Waals surface area contributed by atoms with Crippen LogP contribution in [0.1, 0.15) is 24.1 Å². The van der Waals surface area contributed by atoms with Gasteiger partial charge in [-0.2, -0.15) is 4.98 Å². The summed E-state index contributed by atoms with van der Waals surface area (Å²) in [5.74, 6) is -0.370. The van der Waals surface area contributed by atoms with Crippen LogP contribution in [0.25, 0.3) is 17.5 Å². The minimum absolute atomic E-state index is 0.153. The molecule has 0 saturated carbocycles. The molecule has 0 amide bonds. The van der Waals surface area contributed by atoms with E-state index < -0.39 is 16.8 Å². The number of aromatic nitrogens is 2. The van der Waals surface area contributed by atoms with Gasteiger partial charge in [0.2, 0.25) is 5.82 Å². The topological polar surface area (TPSA) is 122 Å². The van der Waals surface area contributed by atoms with Crippen LogP contribution in [0.15, 0.2) is 51.4 Å². The molecule has 0 fully saturated rings. The molecule has 0 saturated heterocycles. The number of hydrogen-bond acceptors (Lipinski definition) is 8. The summed E-state index contributed by atoms with van der Waals surface area (Å²) in [7, 11) is 0. The zero-order chi connectivity index (χ0) is 19.2. The fourth-order valence-corrected chi connectivity index (χ4v) is 2.18. The van der Waals surface area contributed by atoms with Crippen LogP contribution in [-0.2, 0) is 22.6 Å². The molecule has 0 aliphatic carbocycles. The molecule has 0 N–H and O–H groups in total. The molecule has 9 heteroatoms. The van der Waals surface area contributed by atoms with Crippen LogP contribution in [0, 0.1) is 10.1 Å². The van der Waals surface area contributed by atoms with Crippen molar-refractivity contribution in [2.24, 2.45) is 0 Å². The Bertz CT molecular complexity index is 971. The fourth-order valence-electron chi connectivity index (χ4n) is 2.18. The maximum Gasteiger partial charge on any atom is 0.433 e.